The van der Waals surface area contributed by atoms with Gasteiger partial charge in [0.15, 0.2) is 0 Å². The quantitative estimate of drug-likeness (QED) is 0.474. The summed E-state index contributed by atoms with van der Waals surface area (Å²) in [6.07, 6.45) is 3.66. The molecule has 2 rings (SSSR count). The molecule has 1 heterocycles. The predicted molar refractivity (Wildman–Crippen MR) is 123 cm³/mol. The van der Waals surface area contributed by atoms with Crippen molar-refractivity contribution in [2.45, 2.75) is 26.3 Å². The highest BCUT2D eigenvalue weighted by Crippen LogP contribution is 2.26. The fraction of sp³-hybridized carbons (Fsp3) is 0.500. The third-order valence-electron chi connectivity index (χ3n) is 5.36. The lowest BCUT2D eigenvalue weighted by atomic mass is 10.1. The van der Waals surface area contributed by atoms with Crippen molar-refractivity contribution in [3.05, 3.63) is 47.8 Å². The van der Waals surface area contributed by atoms with E-state index in [-0.39, 0.29) is 18.4 Å². The largest absolute Gasteiger partial charge is 0.497 e. The van der Waals surface area contributed by atoms with E-state index in [1.165, 1.54) is 7.11 Å². The van der Waals surface area contributed by atoms with Gasteiger partial charge in [0.1, 0.15) is 18.0 Å². The van der Waals surface area contributed by atoms with Crippen molar-refractivity contribution < 1.29 is 23.8 Å². The minimum Gasteiger partial charge on any atom is -0.497 e. The number of hydrogen-bond donors (Lipinski definition) is 0. The summed E-state index contributed by atoms with van der Waals surface area (Å²) < 4.78 is 17.8. The normalized spacial score (nSPS) is 10.7. The summed E-state index contributed by atoms with van der Waals surface area (Å²) in [5, 5.41) is 0. The second kappa shape index (κ2) is 12.8. The van der Waals surface area contributed by atoms with Crippen molar-refractivity contribution in [1.82, 2.24) is 14.4 Å². The lowest BCUT2D eigenvalue weighted by Gasteiger charge is -2.28. The molecular weight excluding hydrogens is 410 g/mol. The summed E-state index contributed by atoms with van der Waals surface area (Å²) in [5.74, 6) is 0.656. The number of ether oxygens (including phenoxy) is 3. The van der Waals surface area contributed by atoms with Crippen LogP contribution in [0.1, 0.15) is 35.8 Å². The Morgan fingerprint density at radius 1 is 1.03 bits per heavy atom. The van der Waals surface area contributed by atoms with Gasteiger partial charge in [0.25, 0.3) is 5.91 Å². The molecule has 0 spiro atoms. The number of unbranched alkanes of at least 4 members (excludes halogenated alkanes) is 1. The smallest absolute Gasteiger partial charge is 0.258 e. The van der Waals surface area contributed by atoms with Gasteiger partial charge in [0, 0.05) is 45.2 Å². The van der Waals surface area contributed by atoms with Gasteiger partial charge in [0.05, 0.1) is 32.9 Å². The SMILES string of the molecule is CCCCN(CC(=O)N(CCOC)Cc1cccn1C)C(=O)c1ccc(OC)cc1OC. The van der Waals surface area contributed by atoms with Crippen molar-refractivity contribution >= 4 is 11.8 Å². The first-order chi connectivity index (χ1) is 15.4. The Kier molecular flexibility index (Phi) is 10.1. The fourth-order valence-electron chi connectivity index (χ4n) is 3.36. The Morgan fingerprint density at radius 3 is 2.41 bits per heavy atom. The highest BCUT2D eigenvalue weighted by Gasteiger charge is 2.25. The van der Waals surface area contributed by atoms with Crippen LogP contribution in [-0.2, 0) is 23.1 Å². The summed E-state index contributed by atoms with van der Waals surface area (Å²) in [7, 11) is 6.63. The predicted octanol–water partition coefficient (Wildman–Crippen LogP) is 2.96. The Hall–Kier alpha value is -3.00. The number of carbonyl (C=O) groups excluding carboxylic acids is 2. The van der Waals surface area contributed by atoms with E-state index in [1.807, 2.05) is 29.9 Å². The van der Waals surface area contributed by atoms with E-state index in [0.717, 1.165) is 18.5 Å². The second-order valence-corrected chi connectivity index (χ2v) is 7.56. The zero-order chi connectivity index (χ0) is 23.5. The van der Waals surface area contributed by atoms with Gasteiger partial charge < -0.3 is 28.6 Å². The highest BCUT2D eigenvalue weighted by atomic mass is 16.5. The first-order valence-corrected chi connectivity index (χ1v) is 10.8. The van der Waals surface area contributed by atoms with Crippen molar-refractivity contribution in [3.8, 4) is 11.5 Å². The molecule has 2 aromatic rings. The van der Waals surface area contributed by atoms with Crippen LogP contribution in [0.15, 0.2) is 36.5 Å². The topological polar surface area (TPSA) is 73.2 Å². The first-order valence-electron chi connectivity index (χ1n) is 10.8. The first kappa shape index (κ1) is 25.3. The molecule has 0 radical (unpaired) electrons. The maximum atomic E-state index is 13.4. The van der Waals surface area contributed by atoms with Gasteiger partial charge in [-0.1, -0.05) is 13.3 Å². The average molecular weight is 446 g/mol. The molecule has 0 saturated carbocycles. The van der Waals surface area contributed by atoms with Crippen molar-refractivity contribution in [1.29, 1.82) is 0 Å². The summed E-state index contributed by atoms with van der Waals surface area (Å²) in [5.41, 5.74) is 1.42. The summed E-state index contributed by atoms with van der Waals surface area (Å²) in [6, 6.07) is 9.00. The van der Waals surface area contributed by atoms with Crippen LogP contribution in [-0.4, -0.2) is 73.8 Å². The summed E-state index contributed by atoms with van der Waals surface area (Å²) >= 11 is 0. The Labute approximate surface area is 190 Å². The molecule has 0 aliphatic rings. The molecule has 0 bridgehead atoms. The number of benzene rings is 1. The van der Waals surface area contributed by atoms with E-state index in [4.69, 9.17) is 14.2 Å². The van der Waals surface area contributed by atoms with E-state index in [1.54, 1.807) is 42.2 Å². The molecule has 2 amide bonds. The molecule has 176 valence electrons. The van der Waals surface area contributed by atoms with E-state index < -0.39 is 0 Å². The number of nitrogens with zero attached hydrogens (tertiary/aromatic N) is 3. The Morgan fingerprint density at radius 2 is 1.81 bits per heavy atom. The molecule has 0 aliphatic carbocycles. The van der Waals surface area contributed by atoms with Crippen LogP contribution in [0.2, 0.25) is 0 Å². The number of aryl methyl sites for hydroxylation is 1. The molecule has 32 heavy (non-hydrogen) atoms. The van der Waals surface area contributed by atoms with Crippen molar-refractivity contribution in [2.75, 3.05) is 47.6 Å². The highest BCUT2D eigenvalue weighted by molar-refractivity contribution is 5.99. The minimum absolute atomic E-state index is 0.0118. The zero-order valence-electron chi connectivity index (χ0n) is 19.8. The number of methoxy groups -OCH3 is 3. The summed E-state index contributed by atoms with van der Waals surface area (Å²) in [4.78, 5) is 30.0. The van der Waals surface area contributed by atoms with Gasteiger partial charge in [-0.05, 0) is 30.7 Å². The molecule has 1 aromatic heterocycles. The van der Waals surface area contributed by atoms with E-state index in [0.29, 0.717) is 43.3 Å². The molecule has 8 heteroatoms. The number of aromatic nitrogens is 1. The maximum Gasteiger partial charge on any atom is 0.258 e. The molecule has 0 unspecified atom stereocenters. The molecular formula is C24H35N3O5. The van der Waals surface area contributed by atoms with Crippen LogP contribution in [0.5, 0.6) is 11.5 Å². The van der Waals surface area contributed by atoms with Crippen molar-refractivity contribution in [3.63, 3.8) is 0 Å². The number of rotatable bonds is 13. The van der Waals surface area contributed by atoms with Gasteiger partial charge in [-0.15, -0.1) is 0 Å². The zero-order valence-corrected chi connectivity index (χ0v) is 19.8. The van der Waals surface area contributed by atoms with Crippen LogP contribution in [0.4, 0.5) is 0 Å². The van der Waals surface area contributed by atoms with E-state index in [2.05, 4.69) is 6.92 Å². The summed E-state index contributed by atoms with van der Waals surface area (Å²) in [6.45, 7) is 3.85. The maximum absolute atomic E-state index is 13.4. The van der Waals surface area contributed by atoms with E-state index >= 15 is 0 Å². The van der Waals surface area contributed by atoms with Gasteiger partial charge in [-0.2, -0.15) is 0 Å². The van der Waals surface area contributed by atoms with Gasteiger partial charge in [-0.25, -0.2) is 0 Å². The van der Waals surface area contributed by atoms with Crippen LogP contribution >= 0.6 is 0 Å². The second-order valence-electron chi connectivity index (χ2n) is 7.56. The molecule has 0 N–H and O–H groups in total. The average Bonchev–Trinajstić information content (AvgIpc) is 3.22. The number of hydrogen-bond acceptors (Lipinski definition) is 5. The molecule has 0 aliphatic heterocycles. The fourth-order valence-corrected chi connectivity index (χ4v) is 3.36. The van der Waals surface area contributed by atoms with Crippen LogP contribution in [0, 0.1) is 0 Å². The monoisotopic (exact) mass is 445 g/mol. The third-order valence-corrected chi connectivity index (χ3v) is 5.36. The molecule has 0 atom stereocenters. The van der Waals surface area contributed by atoms with Crippen LogP contribution in [0.25, 0.3) is 0 Å². The Bertz CT molecular complexity index is 880. The van der Waals surface area contributed by atoms with Gasteiger partial charge in [-0.3, -0.25) is 9.59 Å². The molecule has 8 nitrogen and oxygen atoms in total. The Balaban J connectivity index is 2.24. The third kappa shape index (κ3) is 6.75. The number of amides is 2. The number of carbonyl (C=O) groups is 2. The minimum atomic E-state index is -0.239. The lowest BCUT2D eigenvalue weighted by Crippen LogP contribution is -2.44. The molecule has 0 fully saturated rings. The van der Waals surface area contributed by atoms with Crippen LogP contribution in [0.3, 0.4) is 0 Å². The lowest BCUT2D eigenvalue weighted by molar-refractivity contribution is -0.133. The van der Waals surface area contributed by atoms with E-state index in [9.17, 15) is 9.59 Å². The standard InChI is InChI=1S/C24H35N3O5/c1-6-7-13-27(24(29)21-11-10-20(31-4)16-22(21)32-5)18-23(28)26(14-15-30-3)17-19-9-8-12-25(19)2/h8-12,16H,6-7,13-15,17-18H2,1-5H3. The van der Waals surface area contributed by atoms with Crippen molar-refractivity contribution in [2.24, 2.45) is 7.05 Å². The molecule has 0 saturated heterocycles. The van der Waals surface area contributed by atoms with Gasteiger partial charge in [0.2, 0.25) is 5.91 Å². The van der Waals surface area contributed by atoms with Crippen LogP contribution < -0.4 is 9.47 Å². The van der Waals surface area contributed by atoms with Gasteiger partial charge >= 0.3 is 0 Å². The molecule has 1 aromatic carbocycles.